The Morgan fingerprint density at radius 1 is 1.61 bits per heavy atom. The summed E-state index contributed by atoms with van der Waals surface area (Å²) < 4.78 is 0. The number of H-pyrrole nitrogens is 1. The number of carbonyl (C=O) groups excluding carboxylic acids is 1. The van der Waals surface area contributed by atoms with Gasteiger partial charge in [-0.25, -0.2) is 0 Å². The van der Waals surface area contributed by atoms with Crippen molar-refractivity contribution in [3.63, 3.8) is 0 Å². The number of rotatable bonds is 1. The van der Waals surface area contributed by atoms with Crippen molar-refractivity contribution < 1.29 is 4.79 Å². The summed E-state index contributed by atoms with van der Waals surface area (Å²) >= 11 is 1.76. The molecule has 0 fully saturated rings. The van der Waals surface area contributed by atoms with Gasteiger partial charge < -0.3 is 10.6 Å². The van der Waals surface area contributed by atoms with Gasteiger partial charge in [-0.2, -0.15) is 5.10 Å². The second-order valence-corrected chi connectivity index (χ2v) is 5.46. The van der Waals surface area contributed by atoms with Crippen molar-refractivity contribution >= 4 is 23.1 Å². The Morgan fingerprint density at radius 3 is 3.17 bits per heavy atom. The van der Waals surface area contributed by atoms with Gasteiger partial charge in [0.15, 0.2) is 5.82 Å². The van der Waals surface area contributed by atoms with Gasteiger partial charge >= 0.3 is 0 Å². The van der Waals surface area contributed by atoms with Gasteiger partial charge in [0.05, 0.1) is 0 Å². The topological polar surface area (TPSA) is 75.0 Å². The van der Waals surface area contributed by atoms with Crippen molar-refractivity contribution in [2.75, 3.05) is 12.3 Å². The van der Waals surface area contributed by atoms with Crippen LogP contribution in [0.1, 0.15) is 26.5 Å². The minimum Gasteiger partial charge on any atom is -0.382 e. The molecule has 0 saturated carbocycles. The fraction of sp³-hybridized carbons (Fsp3) is 0.333. The zero-order valence-electron chi connectivity index (χ0n) is 10.1. The normalized spacial score (nSPS) is 14.6. The highest BCUT2D eigenvalue weighted by molar-refractivity contribution is 7.10. The second-order valence-electron chi connectivity index (χ2n) is 4.45. The molecule has 0 bridgehead atoms. The molecule has 2 aromatic heterocycles. The number of nitrogen functional groups attached to an aromatic ring is 1. The lowest BCUT2D eigenvalue weighted by Gasteiger charge is -2.27. The number of amides is 1. The molecule has 6 heteroatoms. The molecule has 0 aliphatic carbocycles. The fourth-order valence-corrected chi connectivity index (χ4v) is 3.19. The number of carbonyl (C=O) groups is 1. The van der Waals surface area contributed by atoms with Crippen molar-refractivity contribution in [2.45, 2.75) is 19.9 Å². The van der Waals surface area contributed by atoms with E-state index in [0.717, 1.165) is 18.7 Å². The molecule has 0 aromatic carbocycles. The van der Waals surface area contributed by atoms with E-state index in [2.05, 4.69) is 21.6 Å². The second kappa shape index (κ2) is 4.13. The molecular weight excluding hydrogens is 248 g/mol. The fourth-order valence-electron chi connectivity index (χ4n) is 2.30. The SMILES string of the molecule is Cc1[nH]nc(N)c1C(=O)N1CCc2sccc2C1. The number of fused-ring (bicyclic) bond motifs is 1. The highest BCUT2D eigenvalue weighted by atomic mass is 32.1. The first-order chi connectivity index (χ1) is 8.66. The molecule has 3 rings (SSSR count). The van der Waals surface area contributed by atoms with E-state index in [1.165, 1.54) is 10.4 Å². The lowest BCUT2D eigenvalue weighted by Crippen LogP contribution is -2.35. The van der Waals surface area contributed by atoms with Crippen molar-refractivity contribution in [1.82, 2.24) is 15.1 Å². The van der Waals surface area contributed by atoms with Crippen molar-refractivity contribution in [3.8, 4) is 0 Å². The van der Waals surface area contributed by atoms with Crippen LogP contribution in [0.25, 0.3) is 0 Å². The molecule has 0 saturated heterocycles. The Balaban J connectivity index is 1.87. The van der Waals surface area contributed by atoms with E-state index in [-0.39, 0.29) is 11.7 Å². The van der Waals surface area contributed by atoms with Crippen LogP contribution in [0.2, 0.25) is 0 Å². The summed E-state index contributed by atoms with van der Waals surface area (Å²) in [6.45, 7) is 3.23. The molecule has 94 valence electrons. The number of aryl methyl sites for hydroxylation is 1. The summed E-state index contributed by atoms with van der Waals surface area (Å²) in [5.74, 6) is 0.254. The van der Waals surface area contributed by atoms with Gasteiger partial charge in [-0.3, -0.25) is 9.89 Å². The molecule has 1 aliphatic rings. The molecular formula is C12H14N4OS. The average Bonchev–Trinajstić information content (AvgIpc) is 2.94. The smallest absolute Gasteiger partial charge is 0.259 e. The van der Waals surface area contributed by atoms with Crippen LogP contribution in [-0.2, 0) is 13.0 Å². The number of nitrogens with two attached hydrogens (primary N) is 1. The van der Waals surface area contributed by atoms with Crippen molar-refractivity contribution in [2.24, 2.45) is 0 Å². The van der Waals surface area contributed by atoms with E-state index in [9.17, 15) is 4.79 Å². The zero-order valence-corrected chi connectivity index (χ0v) is 10.9. The predicted octanol–water partition coefficient (Wildman–Crippen LogP) is 1.56. The number of thiophene rings is 1. The molecule has 0 spiro atoms. The van der Waals surface area contributed by atoms with Crippen LogP contribution in [-0.4, -0.2) is 27.5 Å². The first-order valence-electron chi connectivity index (χ1n) is 5.82. The van der Waals surface area contributed by atoms with E-state index in [1.54, 1.807) is 11.3 Å². The summed E-state index contributed by atoms with van der Waals surface area (Å²) in [6.07, 6.45) is 0.926. The number of anilines is 1. The van der Waals surface area contributed by atoms with Crippen LogP contribution >= 0.6 is 11.3 Å². The zero-order chi connectivity index (χ0) is 12.7. The van der Waals surface area contributed by atoms with Crippen LogP contribution in [0.4, 0.5) is 5.82 Å². The maximum Gasteiger partial charge on any atom is 0.259 e. The van der Waals surface area contributed by atoms with Gasteiger partial charge in [-0.15, -0.1) is 11.3 Å². The number of hydrogen-bond acceptors (Lipinski definition) is 4. The van der Waals surface area contributed by atoms with E-state index < -0.39 is 0 Å². The van der Waals surface area contributed by atoms with Crippen LogP contribution < -0.4 is 5.73 Å². The number of nitrogens with one attached hydrogen (secondary N) is 1. The maximum atomic E-state index is 12.4. The third-order valence-corrected chi connectivity index (χ3v) is 4.31. The summed E-state index contributed by atoms with van der Waals surface area (Å²) in [4.78, 5) is 15.6. The van der Waals surface area contributed by atoms with Crippen LogP contribution in [0, 0.1) is 6.92 Å². The molecule has 1 aliphatic heterocycles. The first-order valence-corrected chi connectivity index (χ1v) is 6.69. The van der Waals surface area contributed by atoms with Crippen LogP contribution in [0.15, 0.2) is 11.4 Å². The molecule has 0 radical (unpaired) electrons. The third-order valence-electron chi connectivity index (χ3n) is 3.28. The van der Waals surface area contributed by atoms with Crippen molar-refractivity contribution in [1.29, 1.82) is 0 Å². The Kier molecular flexibility index (Phi) is 2.59. The van der Waals surface area contributed by atoms with Crippen molar-refractivity contribution in [3.05, 3.63) is 33.1 Å². The van der Waals surface area contributed by atoms with Gasteiger partial charge in [0.1, 0.15) is 5.56 Å². The number of aromatic nitrogens is 2. The minimum atomic E-state index is -0.0319. The maximum absolute atomic E-state index is 12.4. The summed E-state index contributed by atoms with van der Waals surface area (Å²) in [5, 5.41) is 8.70. The van der Waals surface area contributed by atoms with Crippen LogP contribution in [0.3, 0.4) is 0 Å². The lowest BCUT2D eigenvalue weighted by atomic mass is 10.1. The molecule has 0 unspecified atom stereocenters. The molecule has 0 atom stereocenters. The van der Waals surface area contributed by atoms with Crippen LogP contribution in [0.5, 0.6) is 0 Å². The third kappa shape index (κ3) is 1.69. The number of nitrogens with zero attached hydrogens (tertiary/aromatic N) is 2. The Morgan fingerprint density at radius 2 is 2.44 bits per heavy atom. The molecule has 3 heterocycles. The van der Waals surface area contributed by atoms with Gasteiger partial charge in [-0.1, -0.05) is 0 Å². The minimum absolute atomic E-state index is 0.0319. The molecule has 1 amide bonds. The largest absolute Gasteiger partial charge is 0.382 e. The molecule has 2 aromatic rings. The number of hydrogen-bond donors (Lipinski definition) is 2. The van der Waals surface area contributed by atoms with E-state index in [4.69, 9.17) is 5.73 Å². The Labute approximate surface area is 109 Å². The quantitative estimate of drug-likeness (QED) is 0.819. The van der Waals surface area contributed by atoms with Gasteiger partial charge in [0.25, 0.3) is 5.91 Å². The van der Waals surface area contributed by atoms with E-state index in [0.29, 0.717) is 12.1 Å². The van der Waals surface area contributed by atoms with E-state index >= 15 is 0 Å². The monoisotopic (exact) mass is 262 g/mol. The first kappa shape index (κ1) is 11.3. The van der Waals surface area contributed by atoms with E-state index in [1.807, 2.05) is 11.8 Å². The van der Waals surface area contributed by atoms with Gasteiger partial charge in [0.2, 0.25) is 0 Å². The van der Waals surface area contributed by atoms with Gasteiger partial charge in [0, 0.05) is 23.7 Å². The number of aromatic amines is 1. The average molecular weight is 262 g/mol. The summed E-state index contributed by atoms with van der Waals surface area (Å²) in [6, 6.07) is 2.09. The molecule has 5 nitrogen and oxygen atoms in total. The Bertz CT molecular complexity index is 581. The predicted molar refractivity (Wildman–Crippen MR) is 70.5 cm³/mol. The summed E-state index contributed by atoms with van der Waals surface area (Å²) in [5.41, 5.74) is 8.22. The lowest BCUT2D eigenvalue weighted by molar-refractivity contribution is 0.0736. The highest BCUT2D eigenvalue weighted by Gasteiger charge is 2.26. The Hall–Kier alpha value is -1.82. The summed E-state index contributed by atoms with van der Waals surface area (Å²) in [7, 11) is 0. The standard InChI is InChI=1S/C12H14N4OS/c1-7-10(11(13)15-14-7)12(17)16-4-2-9-8(6-16)3-5-18-9/h3,5H,2,4,6H2,1H3,(H3,13,14,15). The molecule has 18 heavy (non-hydrogen) atoms. The highest BCUT2D eigenvalue weighted by Crippen LogP contribution is 2.26. The molecule has 3 N–H and O–H groups in total. The van der Waals surface area contributed by atoms with Gasteiger partial charge in [-0.05, 0) is 30.4 Å².